The molecule has 2 heterocycles. The molecule has 64 heavy (non-hydrogen) atoms. The molecule has 0 spiro atoms. The van der Waals surface area contributed by atoms with E-state index in [9.17, 15) is 9.59 Å². The van der Waals surface area contributed by atoms with Crippen molar-refractivity contribution in [1.82, 2.24) is 0 Å². The Morgan fingerprint density at radius 3 is 1.17 bits per heavy atom. The number of hydrogen-bond donors (Lipinski definition) is 0. The minimum atomic E-state index is -1.45. The normalized spacial score (nSPS) is 25.6. The molecule has 5 aromatic rings. The molecule has 0 bridgehead atoms. The molecule has 13 heteroatoms. The fourth-order valence-electron chi connectivity index (χ4n) is 7.73. The summed E-state index contributed by atoms with van der Waals surface area (Å²) >= 11 is 0. The van der Waals surface area contributed by atoms with Gasteiger partial charge in [-0.3, -0.25) is 4.79 Å². The lowest BCUT2D eigenvalue weighted by molar-refractivity contribution is -0.344. The number of carbonyl (C=O) groups is 2. The highest BCUT2D eigenvalue weighted by Crippen LogP contribution is 2.35. The highest BCUT2D eigenvalue weighted by Gasteiger charge is 2.54. The molecule has 2 aliphatic rings. The van der Waals surface area contributed by atoms with Gasteiger partial charge in [0.1, 0.15) is 36.6 Å². The van der Waals surface area contributed by atoms with Crippen molar-refractivity contribution in [3.63, 3.8) is 0 Å². The van der Waals surface area contributed by atoms with Crippen LogP contribution in [-0.2, 0) is 94.7 Å². The Hall–Kier alpha value is -5.32. The van der Waals surface area contributed by atoms with Crippen molar-refractivity contribution in [2.75, 3.05) is 20.8 Å². The van der Waals surface area contributed by atoms with Crippen LogP contribution < -0.4 is 0 Å². The molecule has 5 aromatic carbocycles. The summed E-state index contributed by atoms with van der Waals surface area (Å²) < 4.78 is 70.2. The van der Waals surface area contributed by atoms with E-state index in [4.69, 9.17) is 52.1 Å². The van der Waals surface area contributed by atoms with Crippen LogP contribution in [0.4, 0.5) is 0 Å². The summed E-state index contributed by atoms with van der Waals surface area (Å²) in [6.07, 6.45) is -10.2. The van der Waals surface area contributed by atoms with Crippen molar-refractivity contribution >= 4 is 11.9 Å². The molecule has 7 rings (SSSR count). The fourth-order valence-corrected chi connectivity index (χ4v) is 7.73. The first-order chi connectivity index (χ1) is 31.4. The Kier molecular flexibility index (Phi) is 17.6. The Balaban J connectivity index is 1.22. The molecule has 13 nitrogen and oxygen atoms in total. The molecule has 0 N–H and O–H groups in total. The van der Waals surface area contributed by atoms with Crippen LogP contribution in [0.3, 0.4) is 0 Å². The first-order valence-electron chi connectivity index (χ1n) is 21.4. The van der Waals surface area contributed by atoms with Gasteiger partial charge < -0.3 is 52.1 Å². The minimum Gasteiger partial charge on any atom is -0.467 e. The van der Waals surface area contributed by atoms with Crippen LogP contribution in [0, 0.1) is 0 Å². The molecular weight excluding hydrogens is 821 g/mol. The van der Waals surface area contributed by atoms with Gasteiger partial charge in [0.25, 0.3) is 0 Å². The van der Waals surface area contributed by atoms with E-state index >= 15 is 0 Å². The molecule has 0 aromatic heterocycles. The Labute approximate surface area is 374 Å². The van der Waals surface area contributed by atoms with Gasteiger partial charge in [0, 0.05) is 14.0 Å². The third-order valence-corrected chi connectivity index (χ3v) is 10.9. The van der Waals surface area contributed by atoms with Gasteiger partial charge in [-0.25, -0.2) is 4.79 Å². The van der Waals surface area contributed by atoms with Crippen molar-refractivity contribution in [2.45, 2.75) is 101 Å². The van der Waals surface area contributed by atoms with E-state index in [1.165, 1.54) is 14.0 Å². The molecule has 0 saturated carbocycles. The summed E-state index contributed by atoms with van der Waals surface area (Å²) in [5, 5.41) is 0. The van der Waals surface area contributed by atoms with Gasteiger partial charge in [-0.1, -0.05) is 152 Å². The lowest BCUT2D eigenvalue weighted by Gasteiger charge is -2.47. The zero-order chi connectivity index (χ0) is 44.5. The van der Waals surface area contributed by atoms with Crippen LogP contribution in [0.15, 0.2) is 152 Å². The van der Waals surface area contributed by atoms with Gasteiger partial charge in [0.2, 0.25) is 0 Å². The maximum atomic E-state index is 13.5. The molecule has 10 atom stereocenters. The van der Waals surface area contributed by atoms with E-state index in [1.807, 2.05) is 152 Å². The van der Waals surface area contributed by atoms with E-state index in [2.05, 4.69) is 0 Å². The molecule has 2 fully saturated rings. The maximum absolute atomic E-state index is 13.5. The minimum absolute atomic E-state index is 0.0938. The third kappa shape index (κ3) is 12.9. The number of benzene rings is 5. The summed E-state index contributed by atoms with van der Waals surface area (Å²) in [6.45, 7) is 2.00. The van der Waals surface area contributed by atoms with E-state index in [0.29, 0.717) is 0 Å². The van der Waals surface area contributed by atoms with E-state index in [0.717, 1.165) is 27.8 Å². The molecule has 0 aliphatic carbocycles. The highest BCUT2D eigenvalue weighted by atomic mass is 16.8. The van der Waals surface area contributed by atoms with Gasteiger partial charge in [-0.15, -0.1) is 0 Å². The number of hydrogen-bond acceptors (Lipinski definition) is 13. The molecular formula is C51H56O13. The fraction of sp³-hybridized carbons (Fsp3) is 0.373. The second-order valence-corrected chi connectivity index (χ2v) is 15.4. The molecule has 0 amide bonds. The zero-order valence-corrected chi connectivity index (χ0v) is 36.3. The van der Waals surface area contributed by atoms with Crippen LogP contribution in [0.1, 0.15) is 34.7 Å². The van der Waals surface area contributed by atoms with E-state index < -0.39 is 73.4 Å². The van der Waals surface area contributed by atoms with Gasteiger partial charge in [-0.2, -0.15) is 0 Å². The number of rotatable bonds is 21. The monoisotopic (exact) mass is 876 g/mol. The van der Waals surface area contributed by atoms with Gasteiger partial charge in [0.15, 0.2) is 24.8 Å². The zero-order valence-electron chi connectivity index (χ0n) is 36.3. The third-order valence-electron chi connectivity index (χ3n) is 10.9. The SMILES string of the molecule is COC(=O)[C@H]1O[C@@H](OC[C@H]2O[C@H](OC)[C@H](OCc3ccccc3)[C@@H](OCc3ccccc3)[C@@H]2OCc2ccccc2)[C@@H](OCc2ccccc2)[C@@H](OCc2ccccc2)[C@@H]1OC(C)=O. The van der Waals surface area contributed by atoms with Crippen LogP contribution in [0.2, 0.25) is 0 Å². The molecule has 2 saturated heterocycles. The number of ether oxygens (including phenoxy) is 11. The van der Waals surface area contributed by atoms with Crippen LogP contribution in [0.25, 0.3) is 0 Å². The number of carbonyl (C=O) groups excluding carboxylic acids is 2. The van der Waals surface area contributed by atoms with Crippen molar-refractivity contribution in [1.29, 1.82) is 0 Å². The van der Waals surface area contributed by atoms with Crippen molar-refractivity contribution in [3.8, 4) is 0 Å². The average Bonchev–Trinajstić information content (AvgIpc) is 3.34. The van der Waals surface area contributed by atoms with Crippen molar-refractivity contribution in [2.24, 2.45) is 0 Å². The molecule has 338 valence electrons. The van der Waals surface area contributed by atoms with Gasteiger partial charge in [-0.05, 0) is 27.8 Å². The van der Waals surface area contributed by atoms with Crippen LogP contribution in [0.5, 0.6) is 0 Å². The summed E-state index contributed by atoms with van der Waals surface area (Å²) in [7, 11) is 2.77. The molecule has 0 unspecified atom stereocenters. The van der Waals surface area contributed by atoms with E-state index in [1.54, 1.807) is 7.11 Å². The standard InChI is InChI=1S/C51H56O13/c1-35(52)62-45-44(58-31-38-23-13-6-14-24-38)48(60-33-40-27-17-8-18-28-40)51(64-46(45)49(53)54-2)61-34-41-42(56-29-36-19-9-4-10-20-36)43(57-30-37-21-11-5-12-22-37)47(50(55-3)63-41)59-32-39-25-15-7-16-26-39/h4-28,41-48,50-51H,29-34H2,1-3H3/t41-,42-,43+,44+,45+,46+,47-,48+,50+,51-/m1/s1. The lowest BCUT2D eigenvalue weighted by atomic mass is 9.96. The molecule has 2 aliphatic heterocycles. The second kappa shape index (κ2) is 24.1. The lowest BCUT2D eigenvalue weighted by Crippen LogP contribution is -2.64. The number of methoxy groups -OCH3 is 2. The van der Waals surface area contributed by atoms with Crippen LogP contribution >= 0.6 is 0 Å². The second-order valence-electron chi connectivity index (χ2n) is 15.4. The predicted molar refractivity (Wildman–Crippen MR) is 233 cm³/mol. The van der Waals surface area contributed by atoms with Crippen LogP contribution in [-0.4, -0.2) is 94.2 Å². The largest absolute Gasteiger partial charge is 0.467 e. The predicted octanol–water partition coefficient (Wildman–Crippen LogP) is 7.13. The molecule has 0 radical (unpaired) electrons. The first kappa shape index (κ1) is 46.7. The Morgan fingerprint density at radius 1 is 0.438 bits per heavy atom. The quantitative estimate of drug-likeness (QED) is 0.0693. The highest BCUT2D eigenvalue weighted by molar-refractivity contribution is 5.76. The van der Waals surface area contributed by atoms with Gasteiger partial charge in [0.05, 0.1) is 46.8 Å². The summed E-state index contributed by atoms with van der Waals surface area (Å²) in [6, 6.07) is 48.5. The van der Waals surface area contributed by atoms with Crippen molar-refractivity contribution < 1.29 is 61.7 Å². The average molecular weight is 877 g/mol. The van der Waals surface area contributed by atoms with Gasteiger partial charge >= 0.3 is 11.9 Å². The summed E-state index contributed by atoms with van der Waals surface area (Å²) in [5.41, 5.74) is 4.54. The van der Waals surface area contributed by atoms with Crippen molar-refractivity contribution in [3.05, 3.63) is 179 Å². The summed E-state index contributed by atoms with van der Waals surface area (Å²) in [5.74, 6) is -1.44. The number of esters is 2. The first-order valence-corrected chi connectivity index (χ1v) is 21.4. The maximum Gasteiger partial charge on any atom is 0.339 e. The van der Waals surface area contributed by atoms with E-state index in [-0.39, 0.29) is 39.6 Å². The smallest absolute Gasteiger partial charge is 0.339 e. The summed E-state index contributed by atoms with van der Waals surface area (Å²) in [4.78, 5) is 26.2. The Bertz CT molecular complexity index is 2110. The Morgan fingerprint density at radius 2 is 0.797 bits per heavy atom. The topological polar surface area (TPSA) is 136 Å².